The number of fused-ring (bicyclic) bond motifs is 2. The smallest absolute Gasteiger partial charge is 0.0380 e. The summed E-state index contributed by atoms with van der Waals surface area (Å²) in [6, 6.07) is 4.13. The number of halogens is 2. The first-order valence-corrected chi connectivity index (χ1v) is 10.8. The number of nitrogens with one attached hydrogen (secondary N) is 1. The van der Waals surface area contributed by atoms with Gasteiger partial charge in [0.25, 0.3) is 0 Å². The van der Waals surface area contributed by atoms with E-state index >= 15 is 0 Å². The van der Waals surface area contributed by atoms with Gasteiger partial charge < -0.3 is 21.7 Å². The molecule has 4 rings (SSSR count). The molecule has 0 unspecified atom stereocenters. The largest absolute Gasteiger partial charge is 0.698 e. The number of nitrogens with zero attached hydrogens (tertiary/aromatic N) is 2. The van der Waals surface area contributed by atoms with E-state index in [1.54, 1.807) is 0 Å². The van der Waals surface area contributed by atoms with Gasteiger partial charge in [-0.25, -0.2) is 0 Å². The quantitative estimate of drug-likeness (QED) is 0.320. The molecule has 8 heteroatoms. The third-order valence-corrected chi connectivity index (χ3v) is 6.81. The summed E-state index contributed by atoms with van der Waals surface area (Å²) in [6.07, 6.45) is 1.99. The molecule has 0 spiro atoms. The summed E-state index contributed by atoms with van der Waals surface area (Å²) < 4.78 is 2.31. The van der Waals surface area contributed by atoms with Crippen molar-refractivity contribution in [3.63, 3.8) is 0 Å². The van der Waals surface area contributed by atoms with Crippen LogP contribution in [0.3, 0.4) is 0 Å². The molecule has 0 fully saturated rings. The molecule has 2 aromatic carbocycles. The zero-order valence-corrected chi connectivity index (χ0v) is 29.9. The first kappa shape index (κ1) is 28.8. The molecule has 2 radical (unpaired) electrons. The summed E-state index contributed by atoms with van der Waals surface area (Å²) in [7, 11) is 2.14. The average molecular weight is 948 g/mol. The van der Waals surface area contributed by atoms with E-state index < -0.39 is 0 Å². The molecule has 2 aliphatic rings. The van der Waals surface area contributed by atoms with Gasteiger partial charge in [0.1, 0.15) is 0 Å². The van der Waals surface area contributed by atoms with Gasteiger partial charge in [0.05, 0.1) is 0 Å². The van der Waals surface area contributed by atoms with Gasteiger partial charge in [-0.1, -0.05) is 48.6 Å². The molecule has 0 amide bonds. The number of hydrogen-bond donors (Lipinski definition) is 1. The Morgan fingerprint density at radius 1 is 0.966 bits per heavy atom. The van der Waals surface area contributed by atoms with Crippen LogP contribution >= 0.6 is 31.9 Å². The van der Waals surface area contributed by atoms with E-state index in [1.165, 1.54) is 32.3 Å². The fourth-order valence-electron chi connectivity index (χ4n) is 3.72. The average Bonchev–Trinajstić information content (AvgIpc) is 2.65. The first-order chi connectivity index (χ1) is 12.8. The normalized spacial score (nSPS) is 15.1. The second-order valence-corrected chi connectivity index (χ2v) is 9.11. The number of aryl methyl sites for hydroxylation is 2. The molecule has 2 heterocycles. The third kappa shape index (κ3) is 6.90. The third-order valence-electron chi connectivity index (χ3n) is 5.40. The molecule has 0 aliphatic carbocycles. The van der Waals surface area contributed by atoms with Gasteiger partial charge in [-0.15, -0.1) is 18.8 Å². The molecule has 2 aromatic rings. The Bertz CT molecular complexity index is 875. The summed E-state index contributed by atoms with van der Waals surface area (Å²) in [5.41, 5.74) is 23.0. The number of nitrogen functional groups attached to an aromatic ring is 1. The molecular weight excluding hydrogens is 922 g/mol. The summed E-state index contributed by atoms with van der Waals surface area (Å²) in [4.78, 5) is 2.32. The van der Waals surface area contributed by atoms with Crippen LogP contribution in [0.2, 0.25) is 0 Å². The van der Waals surface area contributed by atoms with Gasteiger partial charge in [-0.3, -0.25) is 0 Å². The van der Waals surface area contributed by atoms with Crippen molar-refractivity contribution in [3.8, 4) is 0 Å². The van der Waals surface area contributed by atoms with E-state index in [-0.39, 0.29) is 88.1 Å². The Labute approximate surface area is 263 Å². The van der Waals surface area contributed by atoms with Crippen LogP contribution in [-0.4, -0.2) is 25.0 Å². The minimum atomic E-state index is 0. The zero-order chi connectivity index (χ0) is 19.7. The molecule has 0 atom stereocenters. The molecule has 3 N–H and O–H groups in total. The Hall–Kier alpha value is 1.80. The summed E-state index contributed by atoms with van der Waals surface area (Å²) in [6.45, 7) is 7.79. The molecule has 152 valence electrons. The first-order valence-electron chi connectivity index (χ1n) is 9.20. The monoisotopic (exact) mass is 946 g/mol. The number of anilines is 1. The SMILES string of the molecule is Cc1cc(Br)c2c(c1N)CCN(C)C2.Cc1cc(Br)c2c(c1[NH-])CC[N-]C2.[Ac].[Ac]. The van der Waals surface area contributed by atoms with E-state index in [0.29, 0.717) is 5.69 Å². The van der Waals surface area contributed by atoms with Crippen molar-refractivity contribution in [1.29, 1.82) is 0 Å². The van der Waals surface area contributed by atoms with Gasteiger partial charge in [0.2, 0.25) is 0 Å². The van der Waals surface area contributed by atoms with E-state index in [9.17, 15) is 0 Å². The van der Waals surface area contributed by atoms with Crippen molar-refractivity contribution in [2.24, 2.45) is 0 Å². The van der Waals surface area contributed by atoms with Crippen LogP contribution in [-0.2, 0) is 25.9 Å². The van der Waals surface area contributed by atoms with Gasteiger partial charge in [0, 0.05) is 116 Å². The van der Waals surface area contributed by atoms with Crippen LogP contribution in [0.5, 0.6) is 0 Å². The number of hydrogen-bond acceptors (Lipinski definition) is 2. The maximum atomic E-state index is 7.91. The van der Waals surface area contributed by atoms with Crippen molar-refractivity contribution in [1.82, 2.24) is 4.90 Å². The van der Waals surface area contributed by atoms with Gasteiger partial charge in [-0.2, -0.15) is 0 Å². The number of benzene rings is 2. The van der Waals surface area contributed by atoms with Crippen molar-refractivity contribution in [2.75, 3.05) is 25.9 Å². The van der Waals surface area contributed by atoms with Crippen molar-refractivity contribution in [2.45, 2.75) is 39.8 Å². The van der Waals surface area contributed by atoms with Gasteiger partial charge >= 0.3 is 0 Å². The Morgan fingerprint density at radius 3 is 2.28 bits per heavy atom. The summed E-state index contributed by atoms with van der Waals surface area (Å²) in [5.74, 6) is 0. The number of nitrogens with two attached hydrogens (primary N) is 1. The van der Waals surface area contributed by atoms with Crippen molar-refractivity contribution < 1.29 is 88.1 Å². The van der Waals surface area contributed by atoms with E-state index in [4.69, 9.17) is 11.5 Å². The Kier molecular flexibility index (Phi) is 12.8. The van der Waals surface area contributed by atoms with E-state index in [0.717, 1.165) is 54.7 Å². The molecule has 29 heavy (non-hydrogen) atoms. The van der Waals surface area contributed by atoms with E-state index in [1.807, 2.05) is 13.0 Å². The number of likely N-dealkylation sites (N-methyl/N-ethyl adjacent to an activating group) is 1. The van der Waals surface area contributed by atoms with Crippen LogP contribution in [0.15, 0.2) is 21.1 Å². The maximum Gasteiger partial charge on any atom is 0.0380 e. The van der Waals surface area contributed by atoms with E-state index in [2.05, 4.69) is 62.1 Å². The standard InChI is InChI=1S/C11H15BrN2.C10H11BrN2.2Ac/c1-7-5-10(12)9-6-14(2)4-3-8(9)11(7)13;1-6-4-9(11)8-5-13-3-2-7(8)10(6)12;;/h5H,3-4,6,13H2,1-2H3;4,12H,2-3,5H2,1H3;;/q;-2;;. The Morgan fingerprint density at radius 2 is 1.59 bits per heavy atom. The van der Waals surface area contributed by atoms with Gasteiger partial charge in [0.15, 0.2) is 0 Å². The van der Waals surface area contributed by atoms with Crippen LogP contribution in [0.25, 0.3) is 11.1 Å². The Balaban J connectivity index is 0.000000272. The summed E-state index contributed by atoms with van der Waals surface area (Å²) in [5, 5.41) is 4.34. The fraction of sp³-hybridized carbons (Fsp3) is 0.429. The molecule has 0 bridgehead atoms. The maximum absolute atomic E-state index is 7.91. The molecule has 4 nitrogen and oxygen atoms in total. The topological polar surface area (TPSA) is 67.2 Å². The molecule has 0 saturated heterocycles. The molecule has 2 aliphatic heterocycles. The second-order valence-electron chi connectivity index (χ2n) is 7.40. The summed E-state index contributed by atoms with van der Waals surface area (Å²) >= 11 is 7.14. The minimum Gasteiger partial charge on any atom is -0.698 e. The molecule has 0 saturated carbocycles. The van der Waals surface area contributed by atoms with Crippen LogP contribution in [0.1, 0.15) is 33.4 Å². The van der Waals surface area contributed by atoms with Crippen LogP contribution in [0, 0.1) is 102 Å². The predicted octanol–water partition coefficient (Wildman–Crippen LogP) is 6.20. The van der Waals surface area contributed by atoms with Crippen molar-refractivity contribution >= 4 is 43.2 Å². The van der Waals surface area contributed by atoms with Crippen LogP contribution < -0.4 is 5.73 Å². The number of rotatable bonds is 0. The van der Waals surface area contributed by atoms with Crippen molar-refractivity contribution in [3.05, 3.63) is 65.5 Å². The minimum absolute atomic E-state index is 0. The fourth-order valence-corrected chi connectivity index (χ4v) is 5.13. The molecule has 0 aromatic heterocycles. The second kappa shape index (κ2) is 12.9. The van der Waals surface area contributed by atoms with Gasteiger partial charge in [-0.05, 0) is 62.6 Å². The van der Waals surface area contributed by atoms with Crippen LogP contribution in [0.4, 0.5) is 11.4 Å². The zero-order valence-electron chi connectivity index (χ0n) is 17.3. The molecular formula is C21H26Ac2Br2N4-2. The predicted molar refractivity (Wildman–Crippen MR) is 122 cm³/mol.